The van der Waals surface area contributed by atoms with Crippen LogP contribution in [0.1, 0.15) is 31.6 Å². The van der Waals surface area contributed by atoms with Crippen LogP contribution in [0.5, 0.6) is 0 Å². The van der Waals surface area contributed by atoms with E-state index in [1.54, 1.807) is 6.20 Å². The zero-order valence-corrected chi connectivity index (χ0v) is 13.2. The van der Waals surface area contributed by atoms with Crippen LogP contribution in [0, 0.1) is 11.8 Å². The average Bonchev–Trinajstić information content (AvgIpc) is 3.24. The quantitative estimate of drug-likeness (QED) is 0.891. The number of nitrogens with one attached hydrogen (secondary N) is 2. The largest absolute Gasteiger partial charge is 0.440 e. The van der Waals surface area contributed by atoms with Crippen LogP contribution in [-0.2, 0) is 4.79 Å². The Balaban J connectivity index is 1.41. The molecule has 1 aliphatic carbocycles. The Morgan fingerprint density at radius 3 is 2.65 bits per heavy atom. The number of hydrogen-bond donors (Lipinski definition) is 2. The molecular weight excluding hydrogens is 290 g/mol. The minimum absolute atomic E-state index is 0.0336. The summed E-state index contributed by atoms with van der Waals surface area (Å²) in [5, 5.41) is 6.19. The molecule has 1 aromatic carbocycles. The maximum atomic E-state index is 12.2. The maximum absolute atomic E-state index is 12.2. The van der Waals surface area contributed by atoms with Crippen molar-refractivity contribution in [2.24, 2.45) is 11.8 Å². The molecule has 1 amide bonds. The van der Waals surface area contributed by atoms with Crippen molar-refractivity contribution in [1.29, 1.82) is 0 Å². The van der Waals surface area contributed by atoms with Gasteiger partial charge in [0.15, 0.2) is 11.7 Å². The first kappa shape index (κ1) is 14.5. The van der Waals surface area contributed by atoms with E-state index in [1.807, 2.05) is 31.2 Å². The Bertz CT molecular complexity index is 699. The topological polar surface area (TPSA) is 67.2 Å². The highest BCUT2D eigenvalue weighted by atomic mass is 16.4. The Hall–Kier alpha value is -2.14. The van der Waals surface area contributed by atoms with Gasteiger partial charge in [-0.25, -0.2) is 4.98 Å². The second-order valence-electron chi connectivity index (χ2n) is 6.61. The second kappa shape index (κ2) is 5.81. The van der Waals surface area contributed by atoms with Crippen molar-refractivity contribution < 1.29 is 9.21 Å². The van der Waals surface area contributed by atoms with Crippen LogP contribution in [0.2, 0.25) is 0 Å². The Labute approximate surface area is 135 Å². The lowest BCUT2D eigenvalue weighted by Gasteiger charge is -2.31. The number of amides is 1. The van der Waals surface area contributed by atoms with Gasteiger partial charge >= 0.3 is 0 Å². The van der Waals surface area contributed by atoms with Crippen LogP contribution in [0.15, 0.2) is 34.9 Å². The van der Waals surface area contributed by atoms with Crippen molar-refractivity contribution >= 4 is 11.6 Å². The first-order valence-electron chi connectivity index (χ1n) is 8.28. The first-order valence-corrected chi connectivity index (χ1v) is 8.28. The molecule has 4 rings (SSSR count). The third kappa shape index (κ3) is 3.01. The number of anilines is 1. The standard InChI is InChI=1S/C18H21N3O2/c1-11(14-8-19-9-14)17(22)21-15-6-4-12(5-7-15)16-10-20-18(23-16)13-2-3-13/h4-7,10-11,13-14,19H,2-3,8-9H2,1H3,(H,21,22). The number of hydrogen-bond acceptors (Lipinski definition) is 4. The van der Waals surface area contributed by atoms with Gasteiger partial charge in [-0.2, -0.15) is 0 Å². The molecule has 120 valence electrons. The van der Waals surface area contributed by atoms with Crippen molar-refractivity contribution in [3.05, 3.63) is 36.4 Å². The molecule has 2 aliphatic rings. The summed E-state index contributed by atoms with van der Waals surface area (Å²) in [6.45, 7) is 3.85. The van der Waals surface area contributed by atoms with Crippen LogP contribution in [-0.4, -0.2) is 24.0 Å². The minimum atomic E-state index is 0.0336. The van der Waals surface area contributed by atoms with E-state index in [1.165, 1.54) is 12.8 Å². The summed E-state index contributed by atoms with van der Waals surface area (Å²) >= 11 is 0. The van der Waals surface area contributed by atoms with E-state index in [-0.39, 0.29) is 11.8 Å². The van der Waals surface area contributed by atoms with Gasteiger partial charge in [-0.1, -0.05) is 6.92 Å². The third-order valence-electron chi connectivity index (χ3n) is 4.82. The fourth-order valence-electron chi connectivity index (χ4n) is 2.79. The SMILES string of the molecule is CC(C(=O)Nc1ccc(-c2cnc(C3CC3)o2)cc1)C1CNC1. The number of carbonyl (C=O) groups excluding carboxylic acids is 1. The summed E-state index contributed by atoms with van der Waals surface area (Å²) in [4.78, 5) is 16.6. The van der Waals surface area contributed by atoms with Crippen LogP contribution in [0.3, 0.4) is 0 Å². The molecule has 5 heteroatoms. The van der Waals surface area contributed by atoms with Crippen molar-refractivity contribution in [3.63, 3.8) is 0 Å². The lowest BCUT2D eigenvalue weighted by Crippen LogP contribution is -2.48. The Morgan fingerprint density at radius 1 is 1.30 bits per heavy atom. The molecule has 0 radical (unpaired) electrons. The normalized spacial score (nSPS) is 19.2. The highest BCUT2D eigenvalue weighted by Gasteiger charge is 2.29. The Morgan fingerprint density at radius 2 is 2.04 bits per heavy atom. The summed E-state index contributed by atoms with van der Waals surface area (Å²) in [6, 6.07) is 7.75. The van der Waals surface area contributed by atoms with E-state index in [4.69, 9.17) is 4.42 Å². The second-order valence-corrected chi connectivity index (χ2v) is 6.61. The van der Waals surface area contributed by atoms with Crippen LogP contribution in [0.4, 0.5) is 5.69 Å². The zero-order valence-electron chi connectivity index (χ0n) is 13.2. The monoisotopic (exact) mass is 311 g/mol. The van der Waals surface area contributed by atoms with E-state index in [0.717, 1.165) is 36.0 Å². The molecule has 5 nitrogen and oxygen atoms in total. The van der Waals surface area contributed by atoms with Crippen LogP contribution in [0.25, 0.3) is 11.3 Å². The van der Waals surface area contributed by atoms with E-state index >= 15 is 0 Å². The third-order valence-corrected chi connectivity index (χ3v) is 4.82. The zero-order chi connectivity index (χ0) is 15.8. The molecule has 2 aromatic rings. The van der Waals surface area contributed by atoms with Gasteiger partial charge in [0.2, 0.25) is 5.91 Å². The van der Waals surface area contributed by atoms with Gasteiger partial charge in [0.25, 0.3) is 0 Å². The molecule has 2 N–H and O–H groups in total. The molecule has 0 bridgehead atoms. The molecular formula is C18H21N3O2. The predicted octanol–water partition coefficient (Wildman–Crippen LogP) is 3.01. The van der Waals surface area contributed by atoms with E-state index < -0.39 is 0 Å². The van der Waals surface area contributed by atoms with Crippen molar-refractivity contribution in [3.8, 4) is 11.3 Å². The highest BCUT2D eigenvalue weighted by molar-refractivity contribution is 5.92. The summed E-state index contributed by atoms with van der Waals surface area (Å²) in [5.74, 6) is 2.72. The molecule has 1 aromatic heterocycles. The lowest BCUT2D eigenvalue weighted by molar-refractivity contribution is -0.121. The van der Waals surface area contributed by atoms with Crippen LogP contribution >= 0.6 is 0 Å². The molecule has 2 heterocycles. The number of rotatable bonds is 5. The van der Waals surface area contributed by atoms with Gasteiger partial charge in [0, 0.05) is 23.1 Å². The fourth-order valence-corrected chi connectivity index (χ4v) is 2.79. The van der Waals surface area contributed by atoms with Crippen molar-refractivity contribution in [2.75, 3.05) is 18.4 Å². The summed E-state index contributed by atoms with van der Waals surface area (Å²) in [5.41, 5.74) is 1.80. The predicted molar refractivity (Wildman–Crippen MR) is 88.1 cm³/mol. The maximum Gasteiger partial charge on any atom is 0.227 e. The molecule has 1 aliphatic heterocycles. The van der Waals surface area contributed by atoms with Gasteiger partial charge in [-0.05, 0) is 56.1 Å². The van der Waals surface area contributed by atoms with E-state index in [0.29, 0.717) is 11.8 Å². The summed E-state index contributed by atoms with van der Waals surface area (Å²) in [6.07, 6.45) is 4.14. The van der Waals surface area contributed by atoms with Gasteiger partial charge in [0.1, 0.15) is 0 Å². The first-order chi connectivity index (χ1) is 11.2. The average molecular weight is 311 g/mol. The molecule has 0 spiro atoms. The number of aromatic nitrogens is 1. The molecule has 1 saturated carbocycles. The summed E-state index contributed by atoms with van der Waals surface area (Å²) in [7, 11) is 0. The fraction of sp³-hybridized carbons (Fsp3) is 0.444. The van der Waals surface area contributed by atoms with Gasteiger partial charge in [-0.15, -0.1) is 0 Å². The number of nitrogens with zero attached hydrogens (tertiary/aromatic N) is 1. The smallest absolute Gasteiger partial charge is 0.227 e. The van der Waals surface area contributed by atoms with Crippen molar-refractivity contribution in [2.45, 2.75) is 25.7 Å². The lowest BCUT2D eigenvalue weighted by atomic mass is 9.88. The molecule has 1 unspecified atom stereocenters. The van der Waals surface area contributed by atoms with E-state index in [9.17, 15) is 4.79 Å². The number of benzene rings is 1. The molecule has 23 heavy (non-hydrogen) atoms. The minimum Gasteiger partial charge on any atom is -0.440 e. The van der Waals surface area contributed by atoms with E-state index in [2.05, 4.69) is 15.6 Å². The van der Waals surface area contributed by atoms with Crippen molar-refractivity contribution in [1.82, 2.24) is 10.3 Å². The molecule has 1 atom stereocenters. The van der Waals surface area contributed by atoms with Gasteiger partial charge in [0.05, 0.1) is 6.20 Å². The summed E-state index contributed by atoms with van der Waals surface area (Å²) < 4.78 is 5.80. The molecule has 1 saturated heterocycles. The highest BCUT2D eigenvalue weighted by Crippen LogP contribution is 2.40. The number of carbonyl (C=O) groups is 1. The van der Waals surface area contributed by atoms with Crippen LogP contribution < -0.4 is 10.6 Å². The number of oxazole rings is 1. The molecule has 2 fully saturated rings. The Kier molecular flexibility index (Phi) is 3.65. The van der Waals surface area contributed by atoms with Gasteiger partial charge < -0.3 is 15.1 Å². The van der Waals surface area contributed by atoms with Gasteiger partial charge in [-0.3, -0.25) is 4.79 Å².